The molecule has 1 aromatic heterocycles. The van der Waals surface area contributed by atoms with Crippen LogP contribution in [0.4, 0.5) is 4.79 Å². The maximum Gasteiger partial charge on any atom is 0.410 e. The lowest BCUT2D eigenvalue weighted by atomic mass is 10.2. The van der Waals surface area contributed by atoms with Gasteiger partial charge in [0.2, 0.25) is 0 Å². The predicted octanol–water partition coefficient (Wildman–Crippen LogP) is 1.25. The Labute approximate surface area is 167 Å². The number of imidazole rings is 1. The van der Waals surface area contributed by atoms with E-state index in [2.05, 4.69) is 10.0 Å². The molecule has 0 aliphatic carbocycles. The van der Waals surface area contributed by atoms with Gasteiger partial charge in [0.15, 0.2) is 5.69 Å². The zero-order chi connectivity index (χ0) is 21.8. The fourth-order valence-electron chi connectivity index (χ4n) is 2.99. The number of nitrogens with zero attached hydrogens (tertiary/aromatic N) is 6. The molecule has 1 aromatic rings. The van der Waals surface area contributed by atoms with Gasteiger partial charge in [-0.15, -0.1) is 0 Å². The van der Waals surface area contributed by atoms with E-state index in [0.29, 0.717) is 5.69 Å². The maximum absolute atomic E-state index is 12.8. The van der Waals surface area contributed by atoms with Crippen molar-refractivity contribution < 1.29 is 24.2 Å². The van der Waals surface area contributed by atoms with Gasteiger partial charge in [-0.2, -0.15) is 0 Å². The molecule has 1 N–H and O–H groups in total. The first-order valence-corrected chi connectivity index (χ1v) is 9.25. The van der Waals surface area contributed by atoms with Crippen LogP contribution in [0.25, 0.3) is 10.4 Å². The van der Waals surface area contributed by atoms with Gasteiger partial charge in [0.25, 0.3) is 0 Å². The molecule has 1 unspecified atom stereocenters. The number of rotatable bonds is 6. The number of aliphatic hydroxyl groups excluding tert-OH is 1. The molecule has 12 nitrogen and oxygen atoms in total. The van der Waals surface area contributed by atoms with Crippen LogP contribution >= 0.6 is 0 Å². The van der Waals surface area contributed by atoms with Crippen molar-refractivity contribution in [3.63, 3.8) is 0 Å². The lowest BCUT2D eigenvalue weighted by Gasteiger charge is -2.30. The van der Waals surface area contributed by atoms with Gasteiger partial charge in [-0.25, -0.2) is 14.4 Å². The summed E-state index contributed by atoms with van der Waals surface area (Å²) in [5.74, 6) is -0.736. The Morgan fingerprint density at radius 1 is 1.34 bits per heavy atom. The number of carbonyl (C=O) groups is 2. The molecule has 12 heteroatoms. The van der Waals surface area contributed by atoms with Crippen LogP contribution in [0.5, 0.6) is 0 Å². The smallest absolute Gasteiger partial charge is 0.410 e. The first-order chi connectivity index (χ1) is 13.6. The van der Waals surface area contributed by atoms with Crippen molar-refractivity contribution in [2.45, 2.75) is 59.0 Å². The van der Waals surface area contributed by atoms with Gasteiger partial charge in [-0.3, -0.25) is 9.13 Å². The van der Waals surface area contributed by atoms with Crippen LogP contribution in [0.15, 0.2) is 9.91 Å². The summed E-state index contributed by atoms with van der Waals surface area (Å²) in [5, 5.41) is 13.3. The van der Waals surface area contributed by atoms with E-state index in [1.54, 1.807) is 27.7 Å². The van der Waals surface area contributed by atoms with E-state index >= 15 is 0 Å². The van der Waals surface area contributed by atoms with E-state index in [0.717, 1.165) is 4.57 Å². The number of amides is 1. The molecule has 0 bridgehead atoms. The summed E-state index contributed by atoms with van der Waals surface area (Å²) in [6.07, 6.45) is -1.72. The van der Waals surface area contributed by atoms with Gasteiger partial charge in [-0.05, 0) is 33.2 Å². The second kappa shape index (κ2) is 9.01. The van der Waals surface area contributed by atoms with Crippen LogP contribution in [-0.2, 0) is 29.1 Å². The quantitative estimate of drug-likeness (QED) is 0.322. The maximum atomic E-state index is 12.8. The molecule has 1 amide bonds. The first kappa shape index (κ1) is 22.3. The molecule has 2 heterocycles. The first-order valence-electron chi connectivity index (χ1n) is 9.25. The highest BCUT2D eigenvalue weighted by molar-refractivity contribution is 5.89. The molecular weight excluding hydrogens is 384 g/mol. The normalized spacial score (nSPS) is 14.6. The van der Waals surface area contributed by atoms with Crippen molar-refractivity contribution in [3.05, 3.63) is 32.3 Å². The van der Waals surface area contributed by atoms with E-state index < -0.39 is 29.5 Å². The van der Waals surface area contributed by atoms with E-state index in [1.165, 1.54) is 9.47 Å². The minimum absolute atomic E-state index is 0.0161. The van der Waals surface area contributed by atoms with Gasteiger partial charge in [0.1, 0.15) is 5.60 Å². The number of ether oxygens (including phenoxy) is 2. The number of hydrogen-bond acceptors (Lipinski definition) is 7. The van der Waals surface area contributed by atoms with Gasteiger partial charge in [-0.1, -0.05) is 5.11 Å². The van der Waals surface area contributed by atoms with Crippen molar-refractivity contribution >= 4 is 12.1 Å². The molecule has 1 atom stereocenters. The monoisotopic (exact) mass is 410 g/mol. The summed E-state index contributed by atoms with van der Waals surface area (Å²) in [6, 6.07) is 0. The summed E-state index contributed by atoms with van der Waals surface area (Å²) in [4.78, 5) is 41.8. The van der Waals surface area contributed by atoms with E-state index in [1.807, 2.05) is 0 Å². The van der Waals surface area contributed by atoms with Gasteiger partial charge in [0.05, 0.1) is 38.0 Å². The summed E-state index contributed by atoms with van der Waals surface area (Å²) in [5.41, 5.74) is 7.47. The summed E-state index contributed by atoms with van der Waals surface area (Å²) < 4.78 is 12.9. The van der Waals surface area contributed by atoms with Crippen molar-refractivity contribution in [1.29, 1.82) is 0 Å². The Kier molecular flexibility index (Phi) is 6.93. The summed E-state index contributed by atoms with van der Waals surface area (Å²) in [7, 11) is 0. The lowest BCUT2D eigenvalue weighted by molar-refractivity contribution is 0.0193. The van der Waals surface area contributed by atoms with Crippen LogP contribution in [0.1, 0.15) is 43.9 Å². The summed E-state index contributed by atoms with van der Waals surface area (Å²) in [6.45, 7) is 6.84. The van der Waals surface area contributed by atoms with Crippen LogP contribution in [0, 0.1) is 0 Å². The minimum Gasteiger partial charge on any atom is -0.461 e. The largest absolute Gasteiger partial charge is 0.461 e. The molecule has 29 heavy (non-hydrogen) atoms. The number of fused-ring (bicyclic) bond motifs is 1. The van der Waals surface area contributed by atoms with Crippen molar-refractivity contribution in [3.8, 4) is 0 Å². The van der Waals surface area contributed by atoms with Crippen molar-refractivity contribution in [2.75, 3.05) is 19.7 Å². The van der Waals surface area contributed by atoms with Gasteiger partial charge < -0.3 is 19.5 Å². The molecule has 0 aromatic carbocycles. The van der Waals surface area contributed by atoms with Crippen LogP contribution < -0.4 is 5.69 Å². The molecule has 0 saturated carbocycles. The fourth-order valence-corrected chi connectivity index (χ4v) is 2.99. The van der Waals surface area contributed by atoms with Gasteiger partial charge >= 0.3 is 17.8 Å². The highest BCUT2D eigenvalue weighted by Crippen LogP contribution is 2.20. The standard InChI is InChI=1S/C17H26N6O6/c1-5-28-14(25)13-12-10-21(16(27)29-17(2,3)4)6-7-22(12)15(26)23(13)9-11(24)8-19-20-18/h11,24H,5-10H2,1-4H3. The zero-order valence-corrected chi connectivity index (χ0v) is 17.0. The fraction of sp³-hybridized carbons (Fsp3) is 0.706. The number of aliphatic hydroxyl groups is 1. The molecule has 0 spiro atoms. The number of hydrogen-bond donors (Lipinski definition) is 1. The number of aromatic nitrogens is 2. The SMILES string of the molecule is CCOC(=O)c1c2n(c(=O)n1CC(O)CN=[N+]=[N-])CCN(C(=O)OC(C)(C)C)C2. The van der Waals surface area contributed by atoms with Gasteiger partial charge in [0, 0.05) is 18.0 Å². The topological polar surface area (TPSA) is 152 Å². The highest BCUT2D eigenvalue weighted by atomic mass is 16.6. The predicted molar refractivity (Wildman–Crippen MR) is 101 cm³/mol. The Morgan fingerprint density at radius 2 is 2.03 bits per heavy atom. The number of esters is 1. The third-order valence-electron chi connectivity index (χ3n) is 4.13. The second-order valence-corrected chi connectivity index (χ2v) is 7.53. The van der Waals surface area contributed by atoms with E-state index in [9.17, 15) is 19.5 Å². The lowest BCUT2D eigenvalue weighted by Crippen LogP contribution is -2.43. The Bertz CT molecular complexity index is 876. The third kappa shape index (κ3) is 5.30. The molecule has 0 radical (unpaired) electrons. The van der Waals surface area contributed by atoms with Crippen LogP contribution in [0.3, 0.4) is 0 Å². The van der Waals surface area contributed by atoms with Crippen LogP contribution in [-0.4, -0.2) is 62.6 Å². The molecule has 160 valence electrons. The summed E-state index contributed by atoms with van der Waals surface area (Å²) >= 11 is 0. The number of azide groups is 1. The molecular formula is C17H26N6O6. The molecule has 0 fully saturated rings. The Balaban J connectivity index is 2.41. The second-order valence-electron chi connectivity index (χ2n) is 7.53. The minimum atomic E-state index is -1.16. The highest BCUT2D eigenvalue weighted by Gasteiger charge is 2.33. The average Bonchev–Trinajstić information content (AvgIpc) is 2.90. The zero-order valence-electron chi connectivity index (χ0n) is 17.0. The molecule has 2 rings (SSSR count). The molecule has 0 saturated heterocycles. The molecule has 1 aliphatic rings. The van der Waals surface area contributed by atoms with Crippen molar-refractivity contribution in [1.82, 2.24) is 14.0 Å². The Hall–Kier alpha value is -2.98. The van der Waals surface area contributed by atoms with E-state index in [4.69, 9.17) is 15.0 Å². The van der Waals surface area contributed by atoms with Crippen molar-refractivity contribution in [2.24, 2.45) is 5.11 Å². The Morgan fingerprint density at radius 3 is 2.62 bits per heavy atom. The average molecular weight is 410 g/mol. The van der Waals surface area contributed by atoms with Crippen LogP contribution in [0.2, 0.25) is 0 Å². The van der Waals surface area contributed by atoms with E-state index in [-0.39, 0.29) is 45.0 Å². The number of carbonyl (C=O) groups excluding carboxylic acids is 2. The third-order valence-corrected chi connectivity index (χ3v) is 4.13. The molecule has 1 aliphatic heterocycles.